The van der Waals surface area contributed by atoms with Crippen LogP contribution >= 0.6 is 23.2 Å². The molecule has 10 heteroatoms. The predicted octanol–water partition coefficient (Wildman–Crippen LogP) is 4.09. The van der Waals surface area contributed by atoms with E-state index < -0.39 is 28.5 Å². The highest BCUT2D eigenvalue weighted by Gasteiger charge is 2.30. The van der Waals surface area contributed by atoms with Crippen molar-refractivity contribution in [2.75, 3.05) is 23.7 Å². The first-order valence-corrected chi connectivity index (χ1v) is 13.2. The largest absolute Gasteiger partial charge is 0.354 e. The van der Waals surface area contributed by atoms with Crippen LogP contribution in [0.1, 0.15) is 32.3 Å². The van der Waals surface area contributed by atoms with Gasteiger partial charge in [-0.15, -0.1) is 0 Å². The van der Waals surface area contributed by atoms with E-state index in [1.807, 2.05) is 6.92 Å². The second kappa shape index (κ2) is 12.3. The number of benzene rings is 2. The maximum absolute atomic E-state index is 13.4. The van der Waals surface area contributed by atoms with Crippen LogP contribution in [0, 0.1) is 0 Å². The number of anilines is 1. The van der Waals surface area contributed by atoms with Gasteiger partial charge in [-0.25, -0.2) is 8.42 Å². The summed E-state index contributed by atoms with van der Waals surface area (Å²) >= 11 is 12.1. The van der Waals surface area contributed by atoms with Crippen LogP contribution in [0.2, 0.25) is 10.0 Å². The lowest BCUT2D eigenvalue weighted by Gasteiger charge is -2.31. The fraction of sp³-hybridized carbons (Fsp3) is 0.391. The highest BCUT2D eigenvalue weighted by atomic mass is 35.5. The van der Waals surface area contributed by atoms with E-state index in [2.05, 4.69) is 5.32 Å². The maximum Gasteiger partial charge on any atom is 0.244 e. The first-order valence-electron chi connectivity index (χ1n) is 10.6. The molecule has 1 N–H and O–H groups in total. The van der Waals surface area contributed by atoms with Gasteiger partial charge in [0.15, 0.2) is 0 Å². The topological polar surface area (TPSA) is 86.8 Å². The lowest BCUT2D eigenvalue weighted by Crippen LogP contribution is -2.51. The first-order chi connectivity index (χ1) is 15.5. The van der Waals surface area contributed by atoms with Crippen molar-refractivity contribution < 1.29 is 18.0 Å². The van der Waals surface area contributed by atoms with Crippen molar-refractivity contribution in [1.82, 2.24) is 10.2 Å². The zero-order chi connectivity index (χ0) is 24.6. The van der Waals surface area contributed by atoms with Crippen LogP contribution in [0.15, 0.2) is 48.5 Å². The summed E-state index contributed by atoms with van der Waals surface area (Å²) in [5.41, 5.74) is 0.985. The molecule has 0 heterocycles. The van der Waals surface area contributed by atoms with Gasteiger partial charge in [0.05, 0.1) is 11.9 Å². The molecule has 2 aromatic carbocycles. The van der Waals surface area contributed by atoms with Crippen LogP contribution in [0.4, 0.5) is 5.69 Å². The van der Waals surface area contributed by atoms with Crippen molar-refractivity contribution in [3.05, 3.63) is 64.1 Å². The lowest BCUT2D eigenvalue weighted by atomic mass is 10.1. The smallest absolute Gasteiger partial charge is 0.244 e. The Bertz CT molecular complexity index is 1080. The molecule has 0 aliphatic heterocycles. The Morgan fingerprint density at radius 2 is 1.70 bits per heavy atom. The number of rotatable bonds is 11. The summed E-state index contributed by atoms with van der Waals surface area (Å²) in [4.78, 5) is 27.5. The van der Waals surface area contributed by atoms with E-state index in [4.69, 9.17) is 23.2 Å². The van der Waals surface area contributed by atoms with Crippen LogP contribution in [-0.4, -0.2) is 50.5 Å². The van der Waals surface area contributed by atoms with Crippen LogP contribution in [-0.2, 0) is 26.2 Å². The number of amides is 2. The van der Waals surface area contributed by atoms with Gasteiger partial charge in [0.2, 0.25) is 21.8 Å². The summed E-state index contributed by atoms with van der Waals surface area (Å²) < 4.78 is 26.0. The van der Waals surface area contributed by atoms with Crippen molar-refractivity contribution in [3.8, 4) is 0 Å². The van der Waals surface area contributed by atoms with Gasteiger partial charge in [-0.05, 0) is 49.2 Å². The highest BCUT2D eigenvalue weighted by molar-refractivity contribution is 7.92. The van der Waals surface area contributed by atoms with Gasteiger partial charge in [-0.2, -0.15) is 0 Å². The summed E-state index contributed by atoms with van der Waals surface area (Å²) in [5, 5.41) is 3.67. The van der Waals surface area contributed by atoms with Gasteiger partial charge in [-0.3, -0.25) is 13.9 Å². The Kier molecular flexibility index (Phi) is 10.0. The van der Waals surface area contributed by atoms with E-state index in [-0.39, 0.29) is 18.1 Å². The van der Waals surface area contributed by atoms with Gasteiger partial charge in [0.1, 0.15) is 12.6 Å². The van der Waals surface area contributed by atoms with E-state index >= 15 is 0 Å². The zero-order valence-electron chi connectivity index (χ0n) is 18.9. The monoisotopic (exact) mass is 513 g/mol. The van der Waals surface area contributed by atoms with Crippen LogP contribution in [0.5, 0.6) is 0 Å². The van der Waals surface area contributed by atoms with Crippen LogP contribution in [0.3, 0.4) is 0 Å². The number of nitrogens with zero attached hydrogens (tertiary/aromatic N) is 2. The van der Waals surface area contributed by atoms with Crippen molar-refractivity contribution in [1.29, 1.82) is 0 Å². The van der Waals surface area contributed by atoms with E-state index in [0.717, 1.165) is 29.0 Å². The van der Waals surface area contributed by atoms with Crippen molar-refractivity contribution in [3.63, 3.8) is 0 Å². The average molecular weight is 514 g/mol. The Hall–Kier alpha value is -2.29. The Balaban J connectivity index is 2.34. The van der Waals surface area contributed by atoms with Gasteiger partial charge >= 0.3 is 0 Å². The summed E-state index contributed by atoms with van der Waals surface area (Å²) in [5.74, 6) is -0.842. The Morgan fingerprint density at radius 1 is 1.06 bits per heavy atom. The normalized spacial score (nSPS) is 12.2. The summed E-state index contributed by atoms with van der Waals surface area (Å²) in [6.07, 6.45) is 2.75. The van der Waals surface area contributed by atoms with E-state index in [1.54, 1.807) is 49.4 Å². The minimum absolute atomic E-state index is 0.0922. The third-order valence-corrected chi connectivity index (χ3v) is 6.62. The quantitative estimate of drug-likeness (QED) is 0.458. The molecular formula is C23H29Cl2N3O4S. The molecule has 2 rings (SSSR count). The molecule has 0 saturated heterocycles. The molecule has 0 aliphatic rings. The van der Waals surface area contributed by atoms with Crippen LogP contribution < -0.4 is 9.62 Å². The second-order valence-corrected chi connectivity index (χ2v) is 10.5. The summed E-state index contributed by atoms with van der Waals surface area (Å²) in [7, 11) is -3.80. The second-order valence-electron chi connectivity index (χ2n) is 7.72. The average Bonchev–Trinajstić information content (AvgIpc) is 2.74. The third kappa shape index (κ3) is 8.21. The number of hydrogen-bond acceptors (Lipinski definition) is 4. The number of halogens is 2. The molecule has 0 bridgehead atoms. The molecule has 0 radical (unpaired) electrons. The number of carbonyl (C=O) groups excluding carboxylic acids is 2. The van der Waals surface area contributed by atoms with Gasteiger partial charge in [0.25, 0.3) is 0 Å². The number of unbranched alkanes of at least 4 members (excludes halogenated alkanes) is 1. The molecule has 0 spiro atoms. The SMILES string of the molecule is CCCCNC(=O)C(C)N(Cc1cccc(Cl)c1)C(=O)CN(c1cccc(Cl)c1)S(C)(=O)=O. The molecule has 1 atom stereocenters. The maximum atomic E-state index is 13.4. The Labute approximate surface area is 205 Å². The standard InChI is InChI=1S/C23H29Cl2N3O4S/c1-4-5-12-26-23(30)17(2)27(15-18-8-6-9-19(24)13-18)22(29)16-28(33(3,31)32)21-11-7-10-20(25)14-21/h6-11,13-14,17H,4-5,12,15-16H2,1-3H3,(H,26,30). The summed E-state index contributed by atoms with van der Waals surface area (Å²) in [6, 6.07) is 12.4. The fourth-order valence-electron chi connectivity index (χ4n) is 3.20. The Morgan fingerprint density at radius 3 is 2.27 bits per heavy atom. The molecule has 180 valence electrons. The number of carbonyl (C=O) groups is 2. The minimum atomic E-state index is -3.80. The third-order valence-electron chi connectivity index (χ3n) is 5.01. The van der Waals surface area contributed by atoms with Gasteiger partial charge < -0.3 is 10.2 Å². The highest BCUT2D eigenvalue weighted by Crippen LogP contribution is 2.23. The molecule has 2 amide bonds. The minimum Gasteiger partial charge on any atom is -0.354 e. The molecule has 0 fully saturated rings. The van der Waals surface area contributed by atoms with Gasteiger partial charge in [0, 0.05) is 23.1 Å². The van der Waals surface area contributed by atoms with Crippen LogP contribution in [0.25, 0.3) is 0 Å². The van der Waals surface area contributed by atoms with E-state index in [1.165, 1.54) is 11.0 Å². The fourth-order valence-corrected chi connectivity index (χ4v) is 4.43. The molecule has 2 aromatic rings. The molecule has 7 nitrogen and oxygen atoms in total. The van der Waals surface area contributed by atoms with E-state index in [9.17, 15) is 18.0 Å². The van der Waals surface area contributed by atoms with Crippen molar-refractivity contribution in [2.45, 2.75) is 39.3 Å². The summed E-state index contributed by atoms with van der Waals surface area (Å²) in [6.45, 7) is 3.74. The molecular weight excluding hydrogens is 485 g/mol. The molecule has 33 heavy (non-hydrogen) atoms. The first kappa shape index (κ1) is 27.0. The molecule has 0 aliphatic carbocycles. The zero-order valence-corrected chi connectivity index (χ0v) is 21.3. The molecule has 1 unspecified atom stereocenters. The number of sulfonamides is 1. The van der Waals surface area contributed by atoms with Gasteiger partial charge in [-0.1, -0.05) is 54.7 Å². The number of hydrogen-bond donors (Lipinski definition) is 1. The lowest BCUT2D eigenvalue weighted by molar-refractivity contribution is -0.139. The molecule has 0 saturated carbocycles. The van der Waals surface area contributed by atoms with E-state index in [0.29, 0.717) is 16.6 Å². The molecule has 0 aromatic heterocycles. The van der Waals surface area contributed by atoms with Crippen molar-refractivity contribution in [2.24, 2.45) is 0 Å². The number of nitrogens with one attached hydrogen (secondary N) is 1. The predicted molar refractivity (Wildman–Crippen MR) is 133 cm³/mol. The van der Waals surface area contributed by atoms with Crippen molar-refractivity contribution >= 4 is 50.7 Å².